The Kier molecular flexibility index (Phi) is 9.60. The number of aliphatic hydroxyl groups excluding tert-OH is 1. The van der Waals surface area contributed by atoms with Crippen molar-refractivity contribution in [3.63, 3.8) is 0 Å². The lowest BCUT2D eigenvalue weighted by atomic mass is 10.0. The van der Waals surface area contributed by atoms with Crippen molar-refractivity contribution < 1.29 is 24.5 Å². The maximum atomic E-state index is 12.1. The summed E-state index contributed by atoms with van der Waals surface area (Å²) in [6.07, 6.45) is 10.1. The summed E-state index contributed by atoms with van der Waals surface area (Å²) >= 11 is 0. The molecule has 6 nitrogen and oxygen atoms in total. The number of benzene rings is 1. The molecule has 1 aromatic carbocycles. The molecule has 1 heterocycles. The predicted molar refractivity (Wildman–Crippen MR) is 111 cm³/mol. The Morgan fingerprint density at radius 2 is 2.14 bits per heavy atom. The molecule has 1 aliphatic heterocycles. The first kappa shape index (κ1) is 22.8. The summed E-state index contributed by atoms with van der Waals surface area (Å²) in [5.74, 6) is -0.682. The van der Waals surface area contributed by atoms with Crippen molar-refractivity contribution in [3.8, 4) is 0 Å². The van der Waals surface area contributed by atoms with E-state index in [0.717, 1.165) is 17.5 Å². The van der Waals surface area contributed by atoms with Crippen LogP contribution in [0.15, 0.2) is 48.6 Å². The zero-order chi connectivity index (χ0) is 21.1. The molecule has 0 saturated carbocycles. The Morgan fingerprint density at radius 1 is 1.34 bits per heavy atom. The molecule has 0 unspecified atom stereocenters. The number of methoxy groups -OCH3 is 1. The topological polar surface area (TPSA) is 87.1 Å². The fourth-order valence-corrected chi connectivity index (χ4v) is 3.45. The lowest BCUT2D eigenvalue weighted by Gasteiger charge is -2.21. The number of carbonyl (C=O) groups is 2. The SMILES string of the molecule is COCc1cccc(C[C@H](O)C=C[C@H]2CCC(=O)N2CC=CCCCC(=O)O)c1. The van der Waals surface area contributed by atoms with E-state index in [-0.39, 0.29) is 18.4 Å². The van der Waals surface area contributed by atoms with Crippen LogP contribution in [0, 0.1) is 0 Å². The number of aliphatic hydroxyl groups is 1. The number of amides is 1. The second-order valence-electron chi connectivity index (χ2n) is 7.32. The van der Waals surface area contributed by atoms with Crippen LogP contribution in [-0.2, 0) is 27.4 Å². The van der Waals surface area contributed by atoms with Gasteiger partial charge < -0.3 is 19.8 Å². The average Bonchev–Trinajstić information content (AvgIpc) is 3.03. The van der Waals surface area contributed by atoms with Gasteiger partial charge in [-0.25, -0.2) is 0 Å². The number of likely N-dealkylation sites (tertiary alicyclic amines) is 1. The number of carboxylic acid groups (broad SMARTS) is 1. The molecule has 0 spiro atoms. The molecule has 29 heavy (non-hydrogen) atoms. The number of ether oxygens (including phenoxy) is 1. The van der Waals surface area contributed by atoms with Crippen LogP contribution in [0.3, 0.4) is 0 Å². The van der Waals surface area contributed by atoms with Crippen molar-refractivity contribution >= 4 is 11.9 Å². The van der Waals surface area contributed by atoms with Crippen LogP contribution in [-0.4, -0.2) is 52.8 Å². The van der Waals surface area contributed by atoms with Crippen molar-refractivity contribution in [3.05, 3.63) is 59.7 Å². The van der Waals surface area contributed by atoms with E-state index in [1.165, 1.54) is 0 Å². The Bertz CT molecular complexity index is 728. The van der Waals surface area contributed by atoms with Gasteiger partial charge in [0.05, 0.1) is 18.8 Å². The summed E-state index contributed by atoms with van der Waals surface area (Å²) in [6, 6.07) is 7.95. The predicted octanol–water partition coefficient (Wildman–Crippen LogP) is 3.09. The molecule has 1 fully saturated rings. The Morgan fingerprint density at radius 3 is 2.90 bits per heavy atom. The van der Waals surface area contributed by atoms with E-state index >= 15 is 0 Å². The van der Waals surface area contributed by atoms with Crippen molar-refractivity contribution in [1.29, 1.82) is 0 Å². The molecule has 6 heteroatoms. The van der Waals surface area contributed by atoms with Gasteiger partial charge in [0.25, 0.3) is 0 Å². The lowest BCUT2D eigenvalue weighted by Crippen LogP contribution is -2.32. The van der Waals surface area contributed by atoms with Crippen LogP contribution in [0.1, 0.15) is 43.2 Å². The third-order valence-electron chi connectivity index (χ3n) is 4.91. The van der Waals surface area contributed by atoms with E-state index < -0.39 is 12.1 Å². The minimum atomic E-state index is -0.790. The number of carbonyl (C=O) groups excluding carboxylic acids is 1. The Labute approximate surface area is 172 Å². The summed E-state index contributed by atoms with van der Waals surface area (Å²) in [4.78, 5) is 24.4. The molecule has 1 aliphatic rings. The van der Waals surface area contributed by atoms with Gasteiger partial charge in [-0.05, 0) is 30.4 Å². The molecule has 1 amide bonds. The molecule has 158 valence electrons. The normalized spacial score (nSPS) is 18.2. The van der Waals surface area contributed by atoms with E-state index in [1.807, 2.05) is 42.5 Å². The highest BCUT2D eigenvalue weighted by Gasteiger charge is 2.28. The number of allylic oxidation sites excluding steroid dienone is 1. The van der Waals surface area contributed by atoms with Crippen molar-refractivity contribution in [2.45, 2.75) is 57.3 Å². The molecule has 1 aromatic rings. The van der Waals surface area contributed by atoms with Crippen LogP contribution >= 0.6 is 0 Å². The third-order valence-corrected chi connectivity index (χ3v) is 4.91. The quantitative estimate of drug-likeness (QED) is 0.415. The summed E-state index contributed by atoms with van der Waals surface area (Å²) in [5, 5.41) is 19.0. The second-order valence-corrected chi connectivity index (χ2v) is 7.32. The summed E-state index contributed by atoms with van der Waals surface area (Å²) in [5.41, 5.74) is 2.12. The van der Waals surface area contributed by atoms with Crippen molar-refractivity contribution in [2.24, 2.45) is 0 Å². The number of hydrogen-bond donors (Lipinski definition) is 2. The largest absolute Gasteiger partial charge is 0.481 e. The number of hydrogen-bond acceptors (Lipinski definition) is 4. The molecule has 2 rings (SSSR count). The molecule has 1 saturated heterocycles. The average molecular weight is 402 g/mol. The van der Waals surface area contributed by atoms with Crippen LogP contribution in [0.25, 0.3) is 0 Å². The van der Waals surface area contributed by atoms with Crippen molar-refractivity contribution in [2.75, 3.05) is 13.7 Å². The maximum absolute atomic E-state index is 12.1. The molecule has 0 aromatic heterocycles. The molecule has 0 aliphatic carbocycles. The maximum Gasteiger partial charge on any atom is 0.303 e. The lowest BCUT2D eigenvalue weighted by molar-refractivity contribution is -0.137. The summed E-state index contributed by atoms with van der Waals surface area (Å²) in [6.45, 7) is 1.05. The van der Waals surface area contributed by atoms with Gasteiger partial charge in [-0.3, -0.25) is 9.59 Å². The van der Waals surface area contributed by atoms with Crippen LogP contribution in [0.4, 0.5) is 0 Å². The molecule has 0 bridgehead atoms. The summed E-state index contributed by atoms with van der Waals surface area (Å²) in [7, 11) is 1.66. The molecule has 0 radical (unpaired) electrons. The number of rotatable bonds is 12. The molecular formula is C23H31NO5. The van der Waals surface area contributed by atoms with Gasteiger partial charge in [-0.2, -0.15) is 0 Å². The number of unbranched alkanes of at least 4 members (excludes halogenated alkanes) is 1. The summed E-state index contributed by atoms with van der Waals surface area (Å²) < 4.78 is 5.14. The first-order valence-corrected chi connectivity index (χ1v) is 10.1. The zero-order valence-electron chi connectivity index (χ0n) is 17.0. The van der Waals surface area contributed by atoms with E-state index in [1.54, 1.807) is 18.1 Å². The molecule has 2 N–H and O–H groups in total. The minimum Gasteiger partial charge on any atom is -0.481 e. The van der Waals surface area contributed by atoms with E-state index in [2.05, 4.69) is 0 Å². The fraction of sp³-hybridized carbons (Fsp3) is 0.478. The Hall–Kier alpha value is -2.44. The second kappa shape index (κ2) is 12.2. The first-order chi connectivity index (χ1) is 14.0. The Balaban J connectivity index is 1.84. The number of nitrogens with zero attached hydrogens (tertiary/aromatic N) is 1. The van der Waals surface area contributed by atoms with E-state index in [4.69, 9.17) is 9.84 Å². The van der Waals surface area contributed by atoms with Gasteiger partial charge in [-0.15, -0.1) is 0 Å². The van der Waals surface area contributed by atoms with E-state index in [0.29, 0.717) is 38.8 Å². The third kappa shape index (κ3) is 8.21. The van der Waals surface area contributed by atoms with Crippen LogP contribution < -0.4 is 0 Å². The zero-order valence-corrected chi connectivity index (χ0v) is 17.0. The first-order valence-electron chi connectivity index (χ1n) is 10.1. The van der Waals surface area contributed by atoms with Gasteiger partial charge in [0, 0.05) is 32.9 Å². The number of aliphatic carboxylic acids is 1. The standard InChI is InChI=1S/C23H31NO5/c1-29-17-19-8-6-7-18(15-19)16-21(25)12-10-20-11-13-22(26)24(20)14-5-3-2-4-9-23(27)28/h3,5-8,10,12,15,20-21,25H,2,4,9,11,13-14,16-17H2,1H3,(H,27,28)/t20-,21+/m0/s1. The highest BCUT2D eigenvalue weighted by Crippen LogP contribution is 2.20. The highest BCUT2D eigenvalue weighted by atomic mass is 16.5. The monoisotopic (exact) mass is 401 g/mol. The molecular weight excluding hydrogens is 370 g/mol. The van der Waals surface area contributed by atoms with Gasteiger partial charge in [0.2, 0.25) is 5.91 Å². The van der Waals surface area contributed by atoms with Gasteiger partial charge >= 0.3 is 5.97 Å². The highest BCUT2D eigenvalue weighted by molar-refractivity contribution is 5.79. The fourth-order valence-electron chi connectivity index (χ4n) is 3.45. The van der Waals surface area contributed by atoms with Gasteiger partial charge in [0.1, 0.15) is 0 Å². The van der Waals surface area contributed by atoms with Crippen LogP contribution in [0.2, 0.25) is 0 Å². The number of carboxylic acids is 1. The van der Waals surface area contributed by atoms with Gasteiger partial charge in [0.15, 0.2) is 0 Å². The van der Waals surface area contributed by atoms with E-state index in [9.17, 15) is 14.7 Å². The minimum absolute atomic E-state index is 0.0133. The van der Waals surface area contributed by atoms with Gasteiger partial charge in [-0.1, -0.05) is 48.6 Å². The molecule has 2 atom stereocenters. The van der Waals surface area contributed by atoms with Crippen molar-refractivity contribution in [1.82, 2.24) is 4.90 Å². The van der Waals surface area contributed by atoms with Crippen LogP contribution in [0.5, 0.6) is 0 Å². The smallest absolute Gasteiger partial charge is 0.303 e.